The minimum atomic E-state index is 0. The first-order chi connectivity index (χ1) is 4.18. The van der Waals surface area contributed by atoms with Crippen LogP contribution in [-0.2, 0) is 0 Å². The Morgan fingerprint density at radius 3 is 1.70 bits per heavy atom. The van der Waals surface area contributed by atoms with Gasteiger partial charge in [0.05, 0.1) is 14.0 Å². The Bertz CT molecular complexity index is 80.0. The molecule has 0 spiro atoms. The van der Waals surface area contributed by atoms with Crippen molar-refractivity contribution in [2.45, 2.75) is 20.5 Å². The van der Waals surface area contributed by atoms with Crippen LogP contribution in [-0.4, -0.2) is 20.9 Å². The molecule has 1 fully saturated rings. The van der Waals surface area contributed by atoms with E-state index < -0.39 is 0 Å². The van der Waals surface area contributed by atoms with E-state index in [0.717, 1.165) is 0 Å². The second-order valence-corrected chi connectivity index (χ2v) is 2.56. The third-order valence-corrected chi connectivity index (χ3v) is 1.43. The van der Waals surface area contributed by atoms with Gasteiger partial charge in [0, 0.05) is 0 Å². The number of nitrogens with zero attached hydrogens (tertiary/aromatic N) is 1. The molecule has 0 aromatic carbocycles. The Kier molecular flexibility index (Phi) is 4.83. The molecule has 0 radical (unpaired) electrons. The van der Waals surface area contributed by atoms with Gasteiger partial charge in [0.1, 0.15) is 0 Å². The van der Waals surface area contributed by atoms with E-state index in [1.165, 1.54) is 0 Å². The van der Waals surface area contributed by atoms with Gasteiger partial charge in [-0.25, -0.2) is 0 Å². The topological polar surface area (TPSA) is 38.2 Å². The quantitative estimate of drug-likeness (QED) is 0.340. The molecule has 0 bridgehead atoms. The predicted molar refractivity (Wildman–Crippen MR) is 44.5 cm³/mol. The molecule has 0 amide bonds. The van der Waals surface area contributed by atoms with Crippen molar-refractivity contribution in [1.82, 2.24) is 10.3 Å². The van der Waals surface area contributed by atoms with Crippen LogP contribution < -0.4 is 29.1 Å². The van der Waals surface area contributed by atoms with Gasteiger partial charge in [-0.3, -0.25) is 0 Å². The summed E-state index contributed by atoms with van der Waals surface area (Å²) < 4.78 is 0. The van der Waals surface area contributed by atoms with Crippen molar-refractivity contribution in [1.29, 1.82) is 0 Å². The van der Waals surface area contributed by atoms with Crippen LogP contribution in [0.4, 0.5) is 0 Å². The second-order valence-electron chi connectivity index (χ2n) is 2.56. The summed E-state index contributed by atoms with van der Waals surface area (Å²) in [5.41, 5.74) is 0. The zero-order valence-corrected chi connectivity index (χ0v) is 7.18. The van der Waals surface area contributed by atoms with Crippen molar-refractivity contribution in [2.75, 3.05) is 0 Å². The monoisotopic (exact) mass is 129 g/mol. The molecule has 0 atom stereocenters. The molecule has 1 aliphatic rings. The molecule has 7 heteroatoms. The van der Waals surface area contributed by atoms with Crippen molar-refractivity contribution < 1.29 is 18.9 Å². The standard InChI is InChI=1S/C3H11B3N3.Li/c1-4-7-5(2)9-6(3)8-4;/h7-8H,1-3H3;/q-1;+1. The molecule has 0 aliphatic carbocycles. The van der Waals surface area contributed by atoms with Gasteiger partial charge < -0.3 is 15.4 Å². The van der Waals surface area contributed by atoms with Crippen molar-refractivity contribution >= 4 is 20.9 Å². The van der Waals surface area contributed by atoms with Gasteiger partial charge in [0.25, 0.3) is 6.98 Å². The molecular weight excluding hydrogens is 117 g/mol. The maximum Gasteiger partial charge on any atom is 1.00 e. The summed E-state index contributed by atoms with van der Waals surface area (Å²) in [5, 5.41) is 10.8. The third kappa shape index (κ3) is 3.18. The fraction of sp³-hybridized carbons (Fsp3) is 1.00. The molecule has 48 valence electrons. The Morgan fingerprint density at radius 1 is 1.00 bits per heavy atom. The summed E-state index contributed by atoms with van der Waals surface area (Å²) in [7, 11) is 0. The van der Waals surface area contributed by atoms with Crippen LogP contribution in [0.2, 0.25) is 20.5 Å². The van der Waals surface area contributed by atoms with Crippen molar-refractivity contribution in [3.05, 3.63) is 5.14 Å². The van der Waals surface area contributed by atoms with Gasteiger partial charge >= 0.3 is 18.9 Å². The first-order valence-electron chi connectivity index (χ1n) is 3.40. The number of hydrogen-bond acceptors (Lipinski definition) is 2. The van der Waals surface area contributed by atoms with E-state index in [-0.39, 0.29) is 18.9 Å². The van der Waals surface area contributed by atoms with E-state index in [9.17, 15) is 0 Å². The molecule has 0 unspecified atom stereocenters. The zero-order valence-electron chi connectivity index (χ0n) is 7.18. The Balaban J connectivity index is 0.000000810. The first-order valence-corrected chi connectivity index (χ1v) is 3.40. The Labute approximate surface area is 76.0 Å². The smallest absolute Gasteiger partial charge is 0.685 e. The van der Waals surface area contributed by atoms with E-state index in [1.807, 2.05) is 0 Å². The van der Waals surface area contributed by atoms with Crippen molar-refractivity contribution in [2.24, 2.45) is 0 Å². The zero-order chi connectivity index (χ0) is 6.85. The minimum absolute atomic E-state index is 0. The van der Waals surface area contributed by atoms with Crippen molar-refractivity contribution in [3.63, 3.8) is 0 Å². The van der Waals surface area contributed by atoms with E-state index in [2.05, 4.69) is 35.9 Å². The van der Waals surface area contributed by atoms with E-state index in [1.54, 1.807) is 0 Å². The van der Waals surface area contributed by atoms with Crippen LogP contribution in [0.3, 0.4) is 0 Å². The normalized spacial score (nSPS) is 18.9. The molecule has 1 heterocycles. The van der Waals surface area contributed by atoms with Gasteiger partial charge in [-0.15, -0.1) is 0 Å². The SMILES string of the molecule is CB1[N-]B(C)NB(C)N1.[Li+]. The summed E-state index contributed by atoms with van der Waals surface area (Å²) in [6, 6.07) is 0. The molecule has 1 aliphatic heterocycles. The van der Waals surface area contributed by atoms with Gasteiger partial charge in [0.2, 0.25) is 0 Å². The third-order valence-electron chi connectivity index (χ3n) is 1.43. The van der Waals surface area contributed by atoms with Gasteiger partial charge in [-0.1, -0.05) is 20.5 Å². The van der Waals surface area contributed by atoms with E-state index in [0.29, 0.717) is 20.9 Å². The Morgan fingerprint density at radius 2 is 1.40 bits per heavy atom. The summed E-state index contributed by atoms with van der Waals surface area (Å²) in [6.07, 6.45) is 0. The van der Waals surface area contributed by atoms with E-state index >= 15 is 0 Å². The van der Waals surface area contributed by atoms with Crippen LogP contribution >= 0.6 is 0 Å². The molecular formula is C3H11B3LiN3. The van der Waals surface area contributed by atoms with Crippen LogP contribution in [0.1, 0.15) is 0 Å². The van der Waals surface area contributed by atoms with Crippen LogP contribution in [0, 0.1) is 0 Å². The maximum absolute atomic E-state index is 4.31. The largest absolute Gasteiger partial charge is 1.00 e. The molecule has 3 nitrogen and oxygen atoms in total. The van der Waals surface area contributed by atoms with Crippen LogP contribution in [0.15, 0.2) is 0 Å². The average molecular weight is 129 g/mol. The average Bonchev–Trinajstić information content (AvgIpc) is 1.59. The number of rotatable bonds is 0. The maximum atomic E-state index is 4.31. The molecule has 0 saturated carbocycles. The summed E-state index contributed by atoms with van der Waals surface area (Å²) >= 11 is 0. The molecule has 0 aromatic rings. The fourth-order valence-corrected chi connectivity index (χ4v) is 1.19. The van der Waals surface area contributed by atoms with Gasteiger partial charge in [0.15, 0.2) is 0 Å². The first kappa shape index (κ1) is 10.7. The summed E-state index contributed by atoms with van der Waals surface area (Å²) in [4.78, 5) is 0. The Hall–Kier alpha value is 0.672. The fourth-order valence-electron chi connectivity index (χ4n) is 1.19. The summed E-state index contributed by atoms with van der Waals surface area (Å²) in [5.74, 6) is 0. The summed E-state index contributed by atoms with van der Waals surface area (Å²) in [6.45, 7) is 7.23. The number of hydrogen-bond donors (Lipinski definition) is 2. The molecule has 10 heavy (non-hydrogen) atoms. The van der Waals surface area contributed by atoms with Crippen LogP contribution in [0.5, 0.6) is 0 Å². The van der Waals surface area contributed by atoms with Crippen molar-refractivity contribution in [3.8, 4) is 0 Å². The number of nitrogens with one attached hydrogen (secondary N) is 2. The van der Waals surface area contributed by atoms with Gasteiger partial charge in [-0.2, -0.15) is 0 Å². The molecule has 2 N–H and O–H groups in total. The molecule has 1 saturated heterocycles. The molecule has 0 aromatic heterocycles. The van der Waals surface area contributed by atoms with E-state index in [4.69, 9.17) is 0 Å². The van der Waals surface area contributed by atoms with Crippen LogP contribution in [0.25, 0.3) is 5.14 Å². The molecule has 1 rings (SSSR count). The van der Waals surface area contributed by atoms with Gasteiger partial charge in [-0.05, 0) is 0 Å². The predicted octanol–water partition coefficient (Wildman–Crippen LogP) is -3.09. The second kappa shape index (κ2) is 4.53. The minimum Gasteiger partial charge on any atom is -0.685 e.